The molecule has 0 amide bonds. The van der Waals surface area contributed by atoms with Crippen LogP contribution in [0.4, 0.5) is 10.1 Å². The fraction of sp³-hybridized carbons (Fsp3) is 0.333. The van der Waals surface area contributed by atoms with Crippen LogP contribution in [0.25, 0.3) is 0 Å². The van der Waals surface area contributed by atoms with Crippen molar-refractivity contribution < 1.29 is 14.4 Å². The van der Waals surface area contributed by atoms with Crippen molar-refractivity contribution in [2.75, 3.05) is 6.61 Å². The van der Waals surface area contributed by atoms with Crippen LogP contribution in [0.2, 0.25) is 0 Å². The molecule has 0 aliphatic carbocycles. The summed E-state index contributed by atoms with van der Waals surface area (Å²) in [6.45, 7) is 1.58. The number of nitro benzene ring substituents is 1. The highest BCUT2D eigenvalue weighted by atomic mass is 79.9. The Bertz CT molecular complexity index is 416. The van der Waals surface area contributed by atoms with Gasteiger partial charge in [0.1, 0.15) is 5.82 Å². The highest BCUT2D eigenvalue weighted by Gasteiger charge is 2.19. The van der Waals surface area contributed by atoms with Gasteiger partial charge >= 0.3 is 0 Å². The molecule has 4 nitrogen and oxygen atoms in total. The zero-order valence-electron chi connectivity index (χ0n) is 8.31. The van der Waals surface area contributed by atoms with Crippen LogP contribution in [-0.4, -0.2) is 21.9 Å². The summed E-state index contributed by atoms with van der Waals surface area (Å²) in [5, 5.41) is 19.4. The van der Waals surface area contributed by atoms with Gasteiger partial charge in [0.2, 0.25) is 0 Å². The summed E-state index contributed by atoms with van der Waals surface area (Å²) in [6.07, 6.45) is 0. The normalized spacial score (nSPS) is 12.5. The minimum absolute atomic E-state index is 0.0557. The first-order valence-corrected chi connectivity index (χ1v) is 6.04. The quantitative estimate of drug-likeness (QED) is 0.527. The Morgan fingerprint density at radius 3 is 2.81 bits per heavy atom. The summed E-state index contributed by atoms with van der Waals surface area (Å²) in [5.41, 5.74) is -0.168. The van der Waals surface area contributed by atoms with E-state index in [2.05, 4.69) is 15.9 Å². The number of thioether (sulfide) groups is 1. The van der Waals surface area contributed by atoms with Crippen LogP contribution in [0.5, 0.6) is 0 Å². The Hall–Kier alpha value is -0.660. The van der Waals surface area contributed by atoms with Crippen LogP contribution in [0.3, 0.4) is 0 Å². The van der Waals surface area contributed by atoms with Crippen molar-refractivity contribution in [2.24, 2.45) is 0 Å². The van der Waals surface area contributed by atoms with Crippen molar-refractivity contribution in [1.29, 1.82) is 0 Å². The highest BCUT2D eigenvalue weighted by molar-refractivity contribution is 9.10. The van der Waals surface area contributed by atoms with Crippen molar-refractivity contribution in [3.8, 4) is 0 Å². The van der Waals surface area contributed by atoms with Gasteiger partial charge in [0.25, 0.3) is 5.69 Å². The summed E-state index contributed by atoms with van der Waals surface area (Å²) < 4.78 is 13.3. The molecule has 0 aliphatic rings. The largest absolute Gasteiger partial charge is 0.395 e. The molecule has 0 spiro atoms. The summed E-state index contributed by atoms with van der Waals surface area (Å²) in [7, 11) is 0. The molecule has 1 unspecified atom stereocenters. The molecule has 0 aliphatic heterocycles. The van der Waals surface area contributed by atoms with Crippen LogP contribution in [-0.2, 0) is 0 Å². The standard InChI is InChI=1S/C9H9BrFNO3S/c1-5(4-13)16-9-3-7(11)6(10)2-8(9)12(14)15/h2-3,5,13H,4H2,1H3. The number of nitrogens with zero attached hydrogens (tertiary/aromatic N) is 1. The number of hydrogen-bond donors (Lipinski definition) is 1. The molecule has 1 N–H and O–H groups in total. The van der Waals surface area contributed by atoms with E-state index < -0.39 is 10.7 Å². The van der Waals surface area contributed by atoms with Gasteiger partial charge in [-0.25, -0.2) is 4.39 Å². The zero-order chi connectivity index (χ0) is 12.3. The van der Waals surface area contributed by atoms with Crippen LogP contribution in [0.1, 0.15) is 6.92 Å². The molecule has 0 saturated carbocycles. The monoisotopic (exact) mass is 309 g/mol. The van der Waals surface area contributed by atoms with Crippen LogP contribution < -0.4 is 0 Å². The molecule has 1 aromatic rings. The number of hydrogen-bond acceptors (Lipinski definition) is 4. The molecule has 0 bridgehead atoms. The first kappa shape index (κ1) is 13.4. The number of aliphatic hydroxyl groups is 1. The first-order valence-electron chi connectivity index (χ1n) is 4.36. The van der Waals surface area contributed by atoms with Crippen LogP contribution in [0, 0.1) is 15.9 Å². The molecule has 1 atom stereocenters. The Morgan fingerprint density at radius 1 is 1.69 bits per heavy atom. The minimum Gasteiger partial charge on any atom is -0.395 e. The molecule has 88 valence electrons. The van der Waals surface area contributed by atoms with Crippen molar-refractivity contribution >= 4 is 33.4 Å². The molecule has 1 rings (SSSR count). The van der Waals surface area contributed by atoms with Gasteiger partial charge in [-0.2, -0.15) is 0 Å². The molecule has 16 heavy (non-hydrogen) atoms. The number of nitro groups is 1. The average molecular weight is 310 g/mol. The lowest BCUT2D eigenvalue weighted by molar-refractivity contribution is -0.387. The topological polar surface area (TPSA) is 63.4 Å². The molecule has 0 radical (unpaired) electrons. The lowest BCUT2D eigenvalue weighted by atomic mass is 10.3. The molecule has 0 saturated heterocycles. The fourth-order valence-electron chi connectivity index (χ4n) is 1.01. The SMILES string of the molecule is CC(CO)Sc1cc(F)c(Br)cc1[N+](=O)[O-]. The number of aliphatic hydroxyl groups excluding tert-OH is 1. The zero-order valence-corrected chi connectivity index (χ0v) is 10.7. The fourth-order valence-corrected chi connectivity index (χ4v) is 2.27. The van der Waals surface area contributed by atoms with E-state index in [4.69, 9.17) is 5.11 Å². The Kier molecular flexibility index (Phi) is 4.69. The molecule has 7 heteroatoms. The molecular formula is C9H9BrFNO3S. The van der Waals surface area contributed by atoms with Gasteiger partial charge in [-0.15, -0.1) is 11.8 Å². The van der Waals surface area contributed by atoms with Gasteiger partial charge in [-0.1, -0.05) is 6.92 Å². The van der Waals surface area contributed by atoms with Crippen LogP contribution in [0.15, 0.2) is 21.5 Å². The third kappa shape index (κ3) is 3.16. The predicted molar refractivity (Wildman–Crippen MR) is 63.2 cm³/mol. The molecule has 1 aromatic carbocycles. The summed E-state index contributed by atoms with van der Waals surface area (Å²) >= 11 is 3.96. The summed E-state index contributed by atoms with van der Waals surface area (Å²) in [5.74, 6) is -0.557. The maximum Gasteiger partial charge on any atom is 0.284 e. The second-order valence-corrected chi connectivity index (χ2v) is 5.44. The van der Waals surface area contributed by atoms with Gasteiger partial charge in [0, 0.05) is 11.3 Å². The number of halogens is 2. The van der Waals surface area contributed by atoms with Crippen molar-refractivity contribution in [2.45, 2.75) is 17.1 Å². The molecule has 0 heterocycles. The predicted octanol–water partition coefficient (Wildman–Crippen LogP) is 2.97. The minimum atomic E-state index is -0.573. The van der Waals surface area contributed by atoms with E-state index in [1.165, 1.54) is 0 Å². The van der Waals surface area contributed by atoms with Gasteiger partial charge in [-0.3, -0.25) is 10.1 Å². The van der Waals surface area contributed by atoms with E-state index in [1.54, 1.807) is 6.92 Å². The van der Waals surface area contributed by atoms with E-state index in [0.29, 0.717) is 0 Å². The van der Waals surface area contributed by atoms with E-state index in [1.807, 2.05) is 0 Å². The van der Waals surface area contributed by atoms with Gasteiger partial charge in [0.05, 0.1) is 20.9 Å². The third-order valence-corrected chi connectivity index (χ3v) is 3.52. The molecule has 0 fully saturated rings. The second-order valence-electron chi connectivity index (χ2n) is 3.10. The first-order chi connectivity index (χ1) is 7.45. The van der Waals surface area contributed by atoms with E-state index in [-0.39, 0.29) is 26.9 Å². The van der Waals surface area contributed by atoms with Crippen LogP contribution >= 0.6 is 27.7 Å². The van der Waals surface area contributed by atoms with E-state index in [9.17, 15) is 14.5 Å². The lowest BCUT2D eigenvalue weighted by Gasteiger charge is -2.08. The van der Waals surface area contributed by atoms with Crippen molar-refractivity contribution in [3.05, 3.63) is 32.5 Å². The second kappa shape index (κ2) is 5.60. The maximum atomic E-state index is 13.2. The van der Waals surface area contributed by atoms with Gasteiger partial charge < -0.3 is 5.11 Å². The van der Waals surface area contributed by atoms with Crippen molar-refractivity contribution in [3.63, 3.8) is 0 Å². The molecule has 0 aromatic heterocycles. The van der Waals surface area contributed by atoms with Gasteiger partial charge in [-0.05, 0) is 22.0 Å². The van der Waals surface area contributed by atoms with E-state index >= 15 is 0 Å². The lowest BCUT2D eigenvalue weighted by Crippen LogP contribution is -2.03. The summed E-state index contributed by atoms with van der Waals surface area (Å²) in [4.78, 5) is 10.4. The highest BCUT2D eigenvalue weighted by Crippen LogP contribution is 2.35. The number of rotatable bonds is 4. The maximum absolute atomic E-state index is 13.2. The Morgan fingerprint density at radius 2 is 2.31 bits per heavy atom. The van der Waals surface area contributed by atoms with Gasteiger partial charge in [0.15, 0.2) is 0 Å². The smallest absolute Gasteiger partial charge is 0.284 e. The third-order valence-electron chi connectivity index (χ3n) is 1.78. The average Bonchev–Trinajstić information content (AvgIpc) is 2.22. The molecular weight excluding hydrogens is 301 g/mol. The Labute approximate surface area is 104 Å². The van der Waals surface area contributed by atoms with E-state index in [0.717, 1.165) is 23.9 Å². The summed E-state index contributed by atoms with van der Waals surface area (Å²) in [6, 6.07) is 2.22. The van der Waals surface area contributed by atoms with Crippen molar-refractivity contribution in [1.82, 2.24) is 0 Å². The number of benzene rings is 1. The Balaban J connectivity index is 3.14.